The van der Waals surface area contributed by atoms with Crippen LogP contribution in [-0.4, -0.2) is 44.9 Å². The van der Waals surface area contributed by atoms with Crippen molar-refractivity contribution in [2.45, 2.75) is 38.7 Å². The molecule has 1 aromatic rings. The monoisotopic (exact) mass is 370 g/mol. The van der Waals surface area contributed by atoms with Gasteiger partial charge in [0.2, 0.25) is 0 Å². The van der Waals surface area contributed by atoms with Crippen LogP contribution in [0.15, 0.2) is 24.3 Å². The molecule has 0 aliphatic carbocycles. The number of benzene rings is 1. The molecular weight excluding hydrogens is 340 g/mol. The van der Waals surface area contributed by atoms with Crippen LogP contribution in [0, 0.1) is 5.92 Å². The van der Waals surface area contributed by atoms with Gasteiger partial charge in [0, 0.05) is 13.7 Å². The van der Waals surface area contributed by atoms with Gasteiger partial charge in [-0.25, -0.2) is 0 Å². The molecule has 0 spiro atoms. The van der Waals surface area contributed by atoms with Crippen molar-refractivity contribution >= 4 is 18.3 Å². The van der Waals surface area contributed by atoms with E-state index in [1.54, 1.807) is 7.11 Å². The fourth-order valence-electron chi connectivity index (χ4n) is 2.85. The molecule has 25 heavy (non-hydrogen) atoms. The normalized spacial score (nSPS) is 16.2. The quantitative estimate of drug-likeness (QED) is 0.738. The van der Waals surface area contributed by atoms with Crippen LogP contribution >= 0.6 is 12.4 Å². The number of halogens is 1. The van der Waals surface area contributed by atoms with Gasteiger partial charge in [0.05, 0.1) is 6.61 Å². The SMILES string of the molecule is COC1(C(=O)NCCc2ccc(OCC(C)C)cc2)CCNCC1.Cl. The average molecular weight is 371 g/mol. The number of nitrogens with one attached hydrogen (secondary N) is 2. The second-order valence-electron chi connectivity index (χ2n) is 6.80. The lowest BCUT2D eigenvalue weighted by Gasteiger charge is -2.34. The zero-order chi connectivity index (χ0) is 17.4. The smallest absolute Gasteiger partial charge is 0.252 e. The molecular formula is C19H31ClN2O3. The van der Waals surface area contributed by atoms with Crippen molar-refractivity contribution in [1.82, 2.24) is 10.6 Å². The molecule has 1 heterocycles. The van der Waals surface area contributed by atoms with Crippen molar-refractivity contribution in [1.29, 1.82) is 0 Å². The van der Waals surface area contributed by atoms with E-state index in [1.165, 1.54) is 5.56 Å². The molecule has 2 N–H and O–H groups in total. The second kappa shape index (κ2) is 10.6. The summed E-state index contributed by atoms with van der Waals surface area (Å²) >= 11 is 0. The van der Waals surface area contributed by atoms with E-state index in [-0.39, 0.29) is 18.3 Å². The Labute approximate surface area is 157 Å². The molecule has 142 valence electrons. The van der Waals surface area contributed by atoms with Gasteiger partial charge in [-0.05, 0) is 56.0 Å². The molecule has 0 saturated carbocycles. The summed E-state index contributed by atoms with van der Waals surface area (Å²) < 4.78 is 11.2. The van der Waals surface area contributed by atoms with E-state index in [1.807, 2.05) is 12.1 Å². The Bertz CT molecular complexity index is 514. The molecule has 1 aromatic carbocycles. The largest absolute Gasteiger partial charge is 0.493 e. The number of hydrogen-bond donors (Lipinski definition) is 2. The Morgan fingerprint density at radius 2 is 1.88 bits per heavy atom. The van der Waals surface area contributed by atoms with Gasteiger partial charge in [-0.2, -0.15) is 0 Å². The van der Waals surface area contributed by atoms with Gasteiger partial charge in [-0.1, -0.05) is 26.0 Å². The third-order valence-corrected chi connectivity index (χ3v) is 4.42. The summed E-state index contributed by atoms with van der Waals surface area (Å²) in [6, 6.07) is 8.09. The van der Waals surface area contributed by atoms with Crippen LogP contribution in [0.2, 0.25) is 0 Å². The molecule has 0 aromatic heterocycles. The Balaban J connectivity index is 0.00000312. The first-order valence-corrected chi connectivity index (χ1v) is 8.81. The summed E-state index contributed by atoms with van der Waals surface area (Å²) in [6.45, 7) is 7.24. The predicted octanol–water partition coefficient (Wildman–Crippen LogP) is 2.57. The third-order valence-electron chi connectivity index (χ3n) is 4.42. The van der Waals surface area contributed by atoms with Crippen molar-refractivity contribution in [2.75, 3.05) is 33.4 Å². The van der Waals surface area contributed by atoms with Crippen LogP contribution < -0.4 is 15.4 Å². The summed E-state index contributed by atoms with van der Waals surface area (Å²) in [4.78, 5) is 12.5. The molecule has 1 amide bonds. The Morgan fingerprint density at radius 1 is 1.24 bits per heavy atom. The Morgan fingerprint density at radius 3 is 2.44 bits per heavy atom. The highest BCUT2D eigenvalue weighted by Crippen LogP contribution is 2.22. The van der Waals surface area contributed by atoms with Gasteiger partial charge in [0.15, 0.2) is 0 Å². The van der Waals surface area contributed by atoms with Crippen molar-refractivity contribution in [2.24, 2.45) is 5.92 Å². The van der Waals surface area contributed by atoms with Crippen LogP contribution in [0.25, 0.3) is 0 Å². The van der Waals surface area contributed by atoms with Gasteiger partial charge >= 0.3 is 0 Å². The highest BCUT2D eigenvalue weighted by molar-refractivity contribution is 5.85. The molecule has 1 aliphatic heterocycles. The van der Waals surface area contributed by atoms with E-state index in [0.29, 0.717) is 12.5 Å². The number of carbonyl (C=O) groups is 1. The lowest BCUT2D eigenvalue weighted by molar-refractivity contribution is -0.146. The second-order valence-corrected chi connectivity index (χ2v) is 6.80. The average Bonchev–Trinajstić information content (AvgIpc) is 2.61. The first kappa shape index (κ1) is 21.7. The summed E-state index contributed by atoms with van der Waals surface area (Å²) in [6.07, 6.45) is 2.24. The van der Waals surface area contributed by atoms with Gasteiger partial charge in [-0.3, -0.25) is 4.79 Å². The van der Waals surface area contributed by atoms with Crippen LogP contribution in [0.1, 0.15) is 32.3 Å². The van der Waals surface area contributed by atoms with E-state index in [9.17, 15) is 4.79 Å². The molecule has 0 radical (unpaired) electrons. The van der Waals surface area contributed by atoms with Crippen LogP contribution in [0.5, 0.6) is 5.75 Å². The Kier molecular flexibility index (Phi) is 9.25. The predicted molar refractivity (Wildman–Crippen MR) is 103 cm³/mol. The highest BCUT2D eigenvalue weighted by atomic mass is 35.5. The maximum atomic E-state index is 12.5. The first-order valence-electron chi connectivity index (χ1n) is 8.81. The maximum Gasteiger partial charge on any atom is 0.252 e. The molecule has 1 saturated heterocycles. The van der Waals surface area contributed by atoms with Crippen molar-refractivity contribution < 1.29 is 14.3 Å². The van der Waals surface area contributed by atoms with E-state index >= 15 is 0 Å². The minimum atomic E-state index is -0.667. The molecule has 5 nitrogen and oxygen atoms in total. The number of carbonyl (C=O) groups excluding carboxylic acids is 1. The number of ether oxygens (including phenoxy) is 2. The third kappa shape index (κ3) is 6.49. The molecule has 1 fully saturated rings. The number of piperidine rings is 1. The topological polar surface area (TPSA) is 59.6 Å². The van der Waals surface area contributed by atoms with Gasteiger partial charge in [0.1, 0.15) is 11.4 Å². The van der Waals surface area contributed by atoms with Gasteiger partial charge < -0.3 is 20.1 Å². The van der Waals surface area contributed by atoms with E-state index in [4.69, 9.17) is 9.47 Å². The molecule has 0 bridgehead atoms. The number of methoxy groups -OCH3 is 1. The van der Waals surface area contributed by atoms with E-state index in [0.717, 1.165) is 44.7 Å². The molecule has 0 atom stereocenters. The zero-order valence-corrected chi connectivity index (χ0v) is 16.3. The fourth-order valence-corrected chi connectivity index (χ4v) is 2.85. The number of amides is 1. The summed E-state index contributed by atoms with van der Waals surface area (Å²) in [5.41, 5.74) is 0.517. The number of hydrogen-bond acceptors (Lipinski definition) is 4. The maximum absolute atomic E-state index is 12.5. The summed E-state index contributed by atoms with van der Waals surface area (Å²) in [5.74, 6) is 1.41. The minimum Gasteiger partial charge on any atom is -0.493 e. The molecule has 2 rings (SSSR count). The van der Waals surface area contributed by atoms with Crippen molar-refractivity contribution in [3.8, 4) is 5.75 Å². The van der Waals surface area contributed by atoms with Crippen LogP contribution in [0.4, 0.5) is 0 Å². The summed E-state index contributed by atoms with van der Waals surface area (Å²) in [7, 11) is 1.63. The van der Waals surface area contributed by atoms with E-state index in [2.05, 4.69) is 36.6 Å². The number of rotatable bonds is 8. The lowest BCUT2D eigenvalue weighted by Crippen LogP contribution is -2.54. The molecule has 1 aliphatic rings. The van der Waals surface area contributed by atoms with Gasteiger partial charge in [0.25, 0.3) is 5.91 Å². The lowest BCUT2D eigenvalue weighted by atomic mass is 9.91. The molecule has 6 heteroatoms. The van der Waals surface area contributed by atoms with Gasteiger partial charge in [-0.15, -0.1) is 12.4 Å². The Hall–Kier alpha value is -1.30. The van der Waals surface area contributed by atoms with E-state index < -0.39 is 5.60 Å². The highest BCUT2D eigenvalue weighted by Gasteiger charge is 2.39. The standard InChI is InChI=1S/C19H30N2O3.ClH/c1-15(2)14-24-17-6-4-16(5-7-17)8-11-21-18(22)19(23-3)9-12-20-13-10-19;/h4-7,15,20H,8-14H2,1-3H3,(H,21,22);1H. The minimum absolute atomic E-state index is 0. The van der Waals surface area contributed by atoms with Crippen LogP contribution in [0.3, 0.4) is 0 Å². The zero-order valence-electron chi connectivity index (χ0n) is 15.5. The molecule has 0 unspecified atom stereocenters. The first-order chi connectivity index (χ1) is 11.6. The van der Waals surface area contributed by atoms with Crippen molar-refractivity contribution in [3.63, 3.8) is 0 Å². The fraction of sp³-hybridized carbons (Fsp3) is 0.632. The van der Waals surface area contributed by atoms with Crippen molar-refractivity contribution in [3.05, 3.63) is 29.8 Å². The summed E-state index contributed by atoms with van der Waals surface area (Å²) in [5, 5.41) is 6.29. The van der Waals surface area contributed by atoms with Crippen LogP contribution in [-0.2, 0) is 16.0 Å².